The molecule has 4 heterocycles. The number of piperidine rings is 1. The highest BCUT2D eigenvalue weighted by molar-refractivity contribution is 5.81. The number of fused-ring (bicyclic) bond motifs is 1. The van der Waals surface area contributed by atoms with Crippen molar-refractivity contribution in [1.29, 1.82) is 0 Å². The van der Waals surface area contributed by atoms with Gasteiger partial charge < -0.3 is 19.7 Å². The zero-order chi connectivity index (χ0) is 22.9. The van der Waals surface area contributed by atoms with Crippen LogP contribution >= 0.6 is 0 Å². The third-order valence-corrected chi connectivity index (χ3v) is 5.77. The molecule has 4 rings (SSSR count). The molecule has 0 atom stereocenters. The molecule has 8 nitrogen and oxygen atoms in total. The van der Waals surface area contributed by atoms with Gasteiger partial charge in [-0.15, -0.1) is 0 Å². The van der Waals surface area contributed by atoms with E-state index in [0.717, 1.165) is 54.1 Å². The van der Waals surface area contributed by atoms with Gasteiger partial charge in [0.1, 0.15) is 17.2 Å². The standard InChI is InChI=1S/C24H31N5O3/c1-23(2,3)32-22(30)27-24(4)9-12-28(13-10-24)21-7-6-17(15-25-21)19-14-18(31-5)16-29-20(19)8-11-26-29/h6-8,11,14-16H,9-10,12-13H2,1-5H3,(H,27,30). The fraction of sp³-hybridized carbons (Fsp3) is 0.458. The second-order valence-corrected chi connectivity index (χ2v) is 9.53. The number of anilines is 1. The number of rotatable bonds is 4. The van der Waals surface area contributed by atoms with Gasteiger partial charge in [0.25, 0.3) is 0 Å². The number of hydrogen-bond acceptors (Lipinski definition) is 6. The molecule has 8 heteroatoms. The number of aromatic nitrogens is 3. The molecule has 0 unspecified atom stereocenters. The SMILES string of the molecule is COc1cc(-c2ccc(N3CCC(C)(NC(=O)OC(C)(C)C)CC3)nc2)c2ccnn2c1. The van der Waals surface area contributed by atoms with Crippen molar-refractivity contribution in [2.24, 2.45) is 0 Å². The third-order valence-electron chi connectivity index (χ3n) is 5.77. The van der Waals surface area contributed by atoms with Gasteiger partial charge in [0, 0.05) is 36.0 Å². The molecular weight excluding hydrogens is 406 g/mol. The lowest BCUT2D eigenvalue weighted by molar-refractivity contribution is 0.0448. The lowest BCUT2D eigenvalue weighted by atomic mass is 9.90. The topological polar surface area (TPSA) is 81.0 Å². The number of nitrogens with one attached hydrogen (secondary N) is 1. The molecule has 1 saturated heterocycles. The van der Waals surface area contributed by atoms with Crippen LogP contribution in [0.2, 0.25) is 0 Å². The Bertz CT molecular complexity index is 1090. The Labute approximate surface area is 188 Å². The van der Waals surface area contributed by atoms with Crippen LogP contribution in [0.4, 0.5) is 10.6 Å². The Kier molecular flexibility index (Phi) is 5.71. The van der Waals surface area contributed by atoms with E-state index >= 15 is 0 Å². The first-order chi connectivity index (χ1) is 15.2. The summed E-state index contributed by atoms with van der Waals surface area (Å²) in [5.41, 5.74) is 2.24. The predicted molar refractivity (Wildman–Crippen MR) is 124 cm³/mol. The zero-order valence-corrected chi connectivity index (χ0v) is 19.4. The van der Waals surface area contributed by atoms with Gasteiger partial charge in [-0.2, -0.15) is 5.10 Å². The third kappa shape index (κ3) is 4.79. The summed E-state index contributed by atoms with van der Waals surface area (Å²) >= 11 is 0. The number of pyridine rings is 2. The van der Waals surface area contributed by atoms with E-state index in [9.17, 15) is 4.79 Å². The molecule has 1 N–H and O–H groups in total. The van der Waals surface area contributed by atoms with Gasteiger partial charge in [0.15, 0.2) is 0 Å². The highest BCUT2D eigenvalue weighted by atomic mass is 16.6. The van der Waals surface area contributed by atoms with E-state index in [1.54, 1.807) is 13.3 Å². The van der Waals surface area contributed by atoms with Crippen LogP contribution in [0.5, 0.6) is 5.75 Å². The number of hydrogen-bond donors (Lipinski definition) is 1. The Morgan fingerprint density at radius 3 is 2.56 bits per heavy atom. The molecule has 1 aliphatic heterocycles. The maximum Gasteiger partial charge on any atom is 0.408 e. The van der Waals surface area contributed by atoms with Crippen molar-refractivity contribution >= 4 is 17.4 Å². The molecule has 0 aromatic carbocycles. The highest BCUT2D eigenvalue weighted by Crippen LogP contribution is 2.30. The minimum absolute atomic E-state index is 0.285. The highest BCUT2D eigenvalue weighted by Gasteiger charge is 2.33. The van der Waals surface area contributed by atoms with Crippen LogP contribution in [0.15, 0.2) is 42.9 Å². The van der Waals surface area contributed by atoms with Crippen LogP contribution in [-0.4, -0.2) is 52.0 Å². The Hall–Kier alpha value is -3.29. The van der Waals surface area contributed by atoms with Crippen LogP contribution in [0, 0.1) is 0 Å². The Morgan fingerprint density at radius 2 is 1.94 bits per heavy atom. The van der Waals surface area contributed by atoms with E-state index in [1.165, 1.54) is 0 Å². The van der Waals surface area contributed by atoms with E-state index in [2.05, 4.69) is 28.3 Å². The molecular formula is C24H31N5O3. The molecule has 0 radical (unpaired) electrons. The van der Waals surface area contributed by atoms with Crippen LogP contribution in [0.25, 0.3) is 16.6 Å². The quantitative estimate of drug-likeness (QED) is 0.656. The Morgan fingerprint density at radius 1 is 1.19 bits per heavy atom. The molecule has 3 aromatic rings. The number of methoxy groups -OCH3 is 1. The van der Waals surface area contributed by atoms with Crippen LogP contribution < -0.4 is 15.0 Å². The number of nitrogens with zero attached hydrogens (tertiary/aromatic N) is 4. The molecule has 1 aliphatic rings. The largest absolute Gasteiger partial charge is 0.495 e. The van der Waals surface area contributed by atoms with E-state index in [4.69, 9.17) is 14.5 Å². The Balaban J connectivity index is 1.44. The number of amides is 1. The van der Waals surface area contributed by atoms with Gasteiger partial charge in [-0.1, -0.05) is 0 Å². The molecule has 1 amide bonds. The predicted octanol–water partition coefficient (Wildman–Crippen LogP) is 4.29. The maximum absolute atomic E-state index is 12.2. The summed E-state index contributed by atoms with van der Waals surface area (Å²) in [6.45, 7) is 9.31. The second-order valence-electron chi connectivity index (χ2n) is 9.53. The van der Waals surface area contributed by atoms with Crippen molar-refractivity contribution in [3.05, 3.63) is 42.9 Å². The zero-order valence-electron chi connectivity index (χ0n) is 19.4. The van der Waals surface area contributed by atoms with Gasteiger partial charge in [-0.25, -0.2) is 14.3 Å². The number of alkyl carbamates (subject to hydrolysis) is 1. The van der Waals surface area contributed by atoms with Crippen molar-refractivity contribution in [3.63, 3.8) is 0 Å². The first-order valence-corrected chi connectivity index (χ1v) is 10.9. The van der Waals surface area contributed by atoms with E-state index in [0.29, 0.717) is 0 Å². The monoisotopic (exact) mass is 437 g/mol. The van der Waals surface area contributed by atoms with Gasteiger partial charge in [-0.05, 0) is 64.8 Å². The summed E-state index contributed by atoms with van der Waals surface area (Å²) < 4.78 is 12.7. The second kappa shape index (κ2) is 8.33. The molecule has 0 saturated carbocycles. The summed E-state index contributed by atoms with van der Waals surface area (Å²) in [4.78, 5) is 19.2. The summed E-state index contributed by atoms with van der Waals surface area (Å²) in [7, 11) is 1.65. The summed E-state index contributed by atoms with van der Waals surface area (Å²) in [5, 5.41) is 7.38. The minimum Gasteiger partial charge on any atom is -0.495 e. The molecule has 0 aliphatic carbocycles. The molecule has 0 bridgehead atoms. The average Bonchev–Trinajstić information content (AvgIpc) is 3.20. The first-order valence-electron chi connectivity index (χ1n) is 10.9. The molecule has 0 spiro atoms. The number of carbonyl (C=O) groups excluding carboxylic acids is 1. The first kappa shape index (κ1) is 21.9. The van der Waals surface area contributed by atoms with E-state index in [1.807, 2.05) is 55.9 Å². The van der Waals surface area contributed by atoms with Gasteiger partial charge >= 0.3 is 6.09 Å². The molecule has 1 fully saturated rings. The van der Waals surface area contributed by atoms with Gasteiger partial charge in [0.2, 0.25) is 0 Å². The van der Waals surface area contributed by atoms with E-state index in [-0.39, 0.29) is 11.6 Å². The smallest absolute Gasteiger partial charge is 0.408 e. The van der Waals surface area contributed by atoms with Crippen LogP contribution in [-0.2, 0) is 4.74 Å². The van der Waals surface area contributed by atoms with Crippen LogP contribution in [0.3, 0.4) is 0 Å². The van der Waals surface area contributed by atoms with Crippen LogP contribution in [0.1, 0.15) is 40.5 Å². The summed E-state index contributed by atoms with van der Waals surface area (Å²) in [5.74, 6) is 1.67. The fourth-order valence-electron chi connectivity index (χ4n) is 3.98. The molecule has 3 aromatic heterocycles. The van der Waals surface area contributed by atoms with Crippen molar-refractivity contribution in [3.8, 4) is 16.9 Å². The fourth-order valence-corrected chi connectivity index (χ4v) is 3.98. The normalized spacial score (nSPS) is 16.1. The van der Waals surface area contributed by atoms with Crippen molar-refractivity contribution in [1.82, 2.24) is 19.9 Å². The maximum atomic E-state index is 12.2. The van der Waals surface area contributed by atoms with Gasteiger partial charge in [0.05, 0.1) is 25.0 Å². The number of carbonyl (C=O) groups is 1. The lowest BCUT2D eigenvalue weighted by Crippen LogP contribution is -2.54. The molecule has 32 heavy (non-hydrogen) atoms. The van der Waals surface area contributed by atoms with Crippen molar-refractivity contribution < 1.29 is 14.3 Å². The minimum atomic E-state index is -0.502. The number of ether oxygens (including phenoxy) is 2. The summed E-state index contributed by atoms with van der Waals surface area (Å²) in [6, 6.07) is 8.11. The van der Waals surface area contributed by atoms with Crippen molar-refractivity contribution in [2.75, 3.05) is 25.1 Å². The van der Waals surface area contributed by atoms with Gasteiger partial charge in [-0.3, -0.25) is 0 Å². The molecule has 170 valence electrons. The van der Waals surface area contributed by atoms with E-state index < -0.39 is 5.60 Å². The van der Waals surface area contributed by atoms with Crippen molar-refractivity contribution in [2.45, 2.75) is 51.7 Å². The average molecular weight is 438 g/mol. The lowest BCUT2D eigenvalue weighted by Gasteiger charge is -2.40. The summed E-state index contributed by atoms with van der Waals surface area (Å²) in [6.07, 6.45) is 6.81.